The number of nitrogens with one attached hydrogen (secondary N) is 1. The number of benzene rings is 1. The second kappa shape index (κ2) is 4.79. The van der Waals surface area contributed by atoms with E-state index < -0.39 is 11.8 Å². The number of hydrogen-bond acceptors (Lipinski definition) is 2. The standard InChI is InChI=1S/C10H9ClFNO2/c1-6(10(14)15)5-13-8-4-2-3-7(12)9(8)11/h2-4,13H,1,5H2,(H,14,15). The van der Waals surface area contributed by atoms with Crippen LogP contribution in [0.25, 0.3) is 0 Å². The van der Waals surface area contributed by atoms with Crippen molar-refractivity contribution in [2.75, 3.05) is 11.9 Å². The van der Waals surface area contributed by atoms with E-state index in [0.29, 0.717) is 5.69 Å². The average molecular weight is 230 g/mol. The number of carbonyl (C=O) groups is 1. The lowest BCUT2D eigenvalue weighted by atomic mass is 10.2. The van der Waals surface area contributed by atoms with Gasteiger partial charge >= 0.3 is 5.97 Å². The molecule has 0 aromatic heterocycles. The molecule has 0 radical (unpaired) electrons. The van der Waals surface area contributed by atoms with E-state index in [2.05, 4.69) is 11.9 Å². The van der Waals surface area contributed by atoms with Crippen LogP contribution in [0.4, 0.5) is 10.1 Å². The summed E-state index contributed by atoms with van der Waals surface area (Å²) in [5.41, 5.74) is 0.328. The highest BCUT2D eigenvalue weighted by Gasteiger charge is 2.07. The molecule has 0 aliphatic rings. The molecule has 0 spiro atoms. The van der Waals surface area contributed by atoms with Gasteiger partial charge in [0.15, 0.2) is 0 Å². The largest absolute Gasteiger partial charge is 0.478 e. The van der Waals surface area contributed by atoms with Crippen LogP contribution in [0.2, 0.25) is 5.02 Å². The molecule has 15 heavy (non-hydrogen) atoms. The van der Waals surface area contributed by atoms with Crippen molar-refractivity contribution >= 4 is 23.3 Å². The first-order valence-electron chi connectivity index (χ1n) is 4.11. The minimum Gasteiger partial charge on any atom is -0.478 e. The second-order valence-corrected chi connectivity index (χ2v) is 3.24. The van der Waals surface area contributed by atoms with Gasteiger partial charge in [0, 0.05) is 12.1 Å². The van der Waals surface area contributed by atoms with Crippen molar-refractivity contribution in [3.8, 4) is 0 Å². The van der Waals surface area contributed by atoms with Crippen molar-refractivity contribution in [2.24, 2.45) is 0 Å². The van der Waals surface area contributed by atoms with Crippen molar-refractivity contribution in [2.45, 2.75) is 0 Å². The normalized spacial score (nSPS) is 9.73. The van der Waals surface area contributed by atoms with Crippen LogP contribution in [0.5, 0.6) is 0 Å². The van der Waals surface area contributed by atoms with Crippen molar-refractivity contribution < 1.29 is 14.3 Å². The third-order valence-electron chi connectivity index (χ3n) is 1.75. The Morgan fingerprint density at radius 3 is 2.87 bits per heavy atom. The number of rotatable bonds is 4. The van der Waals surface area contributed by atoms with Gasteiger partial charge in [-0.2, -0.15) is 0 Å². The van der Waals surface area contributed by atoms with E-state index in [1.54, 1.807) is 6.07 Å². The molecule has 0 atom stereocenters. The van der Waals surface area contributed by atoms with Gasteiger partial charge in [0.1, 0.15) is 5.82 Å². The maximum atomic E-state index is 13.0. The highest BCUT2D eigenvalue weighted by atomic mass is 35.5. The molecule has 0 aliphatic carbocycles. The molecule has 1 aromatic rings. The van der Waals surface area contributed by atoms with Crippen LogP contribution in [0, 0.1) is 5.82 Å². The summed E-state index contributed by atoms with van der Waals surface area (Å²) in [4.78, 5) is 10.4. The zero-order valence-corrected chi connectivity index (χ0v) is 8.51. The zero-order chi connectivity index (χ0) is 11.4. The van der Waals surface area contributed by atoms with Gasteiger partial charge in [0.05, 0.1) is 10.7 Å². The summed E-state index contributed by atoms with van der Waals surface area (Å²) in [6.45, 7) is 3.33. The monoisotopic (exact) mass is 229 g/mol. The molecule has 0 fully saturated rings. The third kappa shape index (κ3) is 2.95. The van der Waals surface area contributed by atoms with Crippen LogP contribution in [-0.4, -0.2) is 17.6 Å². The molecule has 3 nitrogen and oxygen atoms in total. The molecule has 0 bridgehead atoms. The Morgan fingerprint density at radius 1 is 1.60 bits per heavy atom. The Kier molecular flexibility index (Phi) is 3.68. The molecule has 1 aromatic carbocycles. The first-order valence-corrected chi connectivity index (χ1v) is 4.49. The first kappa shape index (κ1) is 11.5. The lowest BCUT2D eigenvalue weighted by Crippen LogP contribution is -2.11. The van der Waals surface area contributed by atoms with Gasteiger partial charge in [-0.3, -0.25) is 0 Å². The Labute approximate surface area is 91.2 Å². The fraction of sp³-hybridized carbons (Fsp3) is 0.100. The summed E-state index contributed by atoms with van der Waals surface area (Å²) < 4.78 is 13.0. The van der Waals surface area contributed by atoms with Crippen molar-refractivity contribution in [1.82, 2.24) is 0 Å². The average Bonchev–Trinajstić information content (AvgIpc) is 2.19. The number of aliphatic carboxylic acids is 1. The molecule has 0 saturated heterocycles. The highest BCUT2D eigenvalue weighted by Crippen LogP contribution is 2.24. The number of halogens is 2. The van der Waals surface area contributed by atoms with Crippen LogP contribution in [0.15, 0.2) is 30.4 Å². The van der Waals surface area contributed by atoms with Gasteiger partial charge in [-0.05, 0) is 12.1 Å². The van der Waals surface area contributed by atoms with E-state index in [1.807, 2.05) is 0 Å². The molecule has 0 amide bonds. The van der Waals surface area contributed by atoms with E-state index in [0.717, 1.165) is 0 Å². The van der Waals surface area contributed by atoms with Gasteiger partial charge in [-0.25, -0.2) is 9.18 Å². The summed E-state index contributed by atoms with van der Waals surface area (Å²) in [6.07, 6.45) is 0. The Bertz CT molecular complexity index is 406. The minimum atomic E-state index is -1.10. The smallest absolute Gasteiger partial charge is 0.332 e. The lowest BCUT2D eigenvalue weighted by molar-refractivity contribution is -0.132. The summed E-state index contributed by atoms with van der Waals surface area (Å²) in [5, 5.41) is 11.2. The van der Waals surface area contributed by atoms with Gasteiger partial charge in [0.25, 0.3) is 0 Å². The highest BCUT2D eigenvalue weighted by molar-refractivity contribution is 6.33. The predicted octanol–water partition coefficient (Wildman–Crippen LogP) is 2.53. The lowest BCUT2D eigenvalue weighted by Gasteiger charge is -2.08. The van der Waals surface area contributed by atoms with E-state index in [-0.39, 0.29) is 17.1 Å². The second-order valence-electron chi connectivity index (χ2n) is 2.86. The molecule has 2 N–H and O–H groups in total. The van der Waals surface area contributed by atoms with E-state index in [1.165, 1.54) is 12.1 Å². The van der Waals surface area contributed by atoms with Crippen LogP contribution < -0.4 is 5.32 Å². The summed E-state index contributed by atoms with van der Waals surface area (Å²) in [6, 6.07) is 4.26. The first-order chi connectivity index (χ1) is 7.02. The van der Waals surface area contributed by atoms with Crippen molar-refractivity contribution in [3.63, 3.8) is 0 Å². The van der Waals surface area contributed by atoms with E-state index in [4.69, 9.17) is 16.7 Å². The van der Waals surface area contributed by atoms with E-state index >= 15 is 0 Å². The molecule has 0 heterocycles. The van der Waals surface area contributed by atoms with Crippen LogP contribution >= 0.6 is 11.6 Å². The molecular weight excluding hydrogens is 221 g/mol. The number of carboxylic acid groups (broad SMARTS) is 1. The fourth-order valence-electron chi connectivity index (χ4n) is 0.918. The molecule has 5 heteroatoms. The SMILES string of the molecule is C=C(CNc1cccc(F)c1Cl)C(=O)O. The van der Waals surface area contributed by atoms with Crippen LogP contribution in [0.3, 0.4) is 0 Å². The maximum absolute atomic E-state index is 13.0. The summed E-state index contributed by atoms with van der Waals surface area (Å²) in [7, 11) is 0. The van der Waals surface area contributed by atoms with E-state index in [9.17, 15) is 9.18 Å². The predicted molar refractivity (Wildman–Crippen MR) is 56.7 cm³/mol. The van der Waals surface area contributed by atoms with Crippen molar-refractivity contribution in [1.29, 1.82) is 0 Å². The number of anilines is 1. The fourth-order valence-corrected chi connectivity index (χ4v) is 1.11. The summed E-state index contributed by atoms with van der Waals surface area (Å²) in [5.74, 6) is -1.65. The molecule has 0 unspecified atom stereocenters. The topological polar surface area (TPSA) is 49.3 Å². The molecule has 0 aliphatic heterocycles. The maximum Gasteiger partial charge on any atom is 0.332 e. The third-order valence-corrected chi connectivity index (χ3v) is 2.13. The minimum absolute atomic E-state index is 0.0124. The molecule has 80 valence electrons. The molecule has 0 saturated carbocycles. The summed E-state index contributed by atoms with van der Waals surface area (Å²) >= 11 is 5.64. The number of carboxylic acids is 1. The number of hydrogen-bond donors (Lipinski definition) is 2. The van der Waals surface area contributed by atoms with Gasteiger partial charge in [-0.1, -0.05) is 24.2 Å². The Hall–Kier alpha value is -1.55. The van der Waals surface area contributed by atoms with Crippen molar-refractivity contribution in [3.05, 3.63) is 41.2 Å². The van der Waals surface area contributed by atoms with Gasteiger partial charge in [0.2, 0.25) is 0 Å². The molecular formula is C10H9ClFNO2. The van der Waals surface area contributed by atoms with Crippen LogP contribution in [0.1, 0.15) is 0 Å². The Morgan fingerprint density at radius 2 is 2.27 bits per heavy atom. The molecule has 1 rings (SSSR count). The van der Waals surface area contributed by atoms with Crippen LogP contribution in [-0.2, 0) is 4.79 Å². The quantitative estimate of drug-likeness (QED) is 0.780. The zero-order valence-electron chi connectivity index (χ0n) is 7.76. The Balaban J connectivity index is 2.70. The van der Waals surface area contributed by atoms with Gasteiger partial charge < -0.3 is 10.4 Å². The van der Waals surface area contributed by atoms with Gasteiger partial charge in [-0.15, -0.1) is 0 Å².